The minimum Gasteiger partial charge on any atom is -0.491 e. The topological polar surface area (TPSA) is 29.5 Å². The standard InChI is InChI=1S/C14H16O2S/c1-10(2)16-13-5-3-4-11(8-13)14(15)12-6-7-17-9-12/h3-10,14-15H,1-2H3. The molecule has 1 atom stereocenters. The van der Waals surface area contributed by atoms with Crippen LogP contribution >= 0.6 is 11.3 Å². The van der Waals surface area contributed by atoms with Crippen LogP contribution < -0.4 is 4.74 Å². The number of aliphatic hydroxyl groups excluding tert-OH is 1. The molecule has 3 heteroatoms. The van der Waals surface area contributed by atoms with Crippen molar-refractivity contribution in [2.75, 3.05) is 0 Å². The van der Waals surface area contributed by atoms with E-state index in [1.807, 2.05) is 54.9 Å². The zero-order chi connectivity index (χ0) is 12.3. The molecular weight excluding hydrogens is 232 g/mol. The highest BCUT2D eigenvalue weighted by Gasteiger charge is 2.11. The minimum absolute atomic E-state index is 0.142. The summed E-state index contributed by atoms with van der Waals surface area (Å²) in [4.78, 5) is 0. The highest BCUT2D eigenvalue weighted by Crippen LogP contribution is 2.26. The van der Waals surface area contributed by atoms with Crippen molar-refractivity contribution >= 4 is 11.3 Å². The highest BCUT2D eigenvalue weighted by atomic mass is 32.1. The Kier molecular flexibility index (Phi) is 3.82. The van der Waals surface area contributed by atoms with Gasteiger partial charge in [0, 0.05) is 0 Å². The zero-order valence-electron chi connectivity index (χ0n) is 9.96. The largest absolute Gasteiger partial charge is 0.491 e. The van der Waals surface area contributed by atoms with Crippen molar-refractivity contribution in [2.45, 2.75) is 26.1 Å². The summed E-state index contributed by atoms with van der Waals surface area (Å²) in [6.45, 7) is 3.98. The summed E-state index contributed by atoms with van der Waals surface area (Å²) in [5.74, 6) is 0.798. The van der Waals surface area contributed by atoms with Crippen molar-refractivity contribution in [3.8, 4) is 5.75 Å². The average Bonchev–Trinajstić information content (AvgIpc) is 2.81. The summed E-state index contributed by atoms with van der Waals surface area (Å²) in [5.41, 5.74) is 1.79. The molecule has 0 aliphatic rings. The lowest BCUT2D eigenvalue weighted by Crippen LogP contribution is -2.06. The summed E-state index contributed by atoms with van der Waals surface area (Å²) < 4.78 is 5.61. The monoisotopic (exact) mass is 248 g/mol. The van der Waals surface area contributed by atoms with Crippen LogP contribution in [0.3, 0.4) is 0 Å². The number of thiophene rings is 1. The van der Waals surface area contributed by atoms with Crippen LogP contribution in [0.25, 0.3) is 0 Å². The Balaban J connectivity index is 2.21. The SMILES string of the molecule is CC(C)Oc1cccc(C(O)c2ccsc2)c1. The molecular formula is C14H16O2S. The van der Waals surface area contributed by atoms with Crippen molar-refractivity contribution < 1.29 is 9.84 Å². The van der Waals surface area contributed by atoms with E-state index in [0.717, 1.165) is 16.9 Å². The maximum absolute atomic E-state index is 10.2. The first-order chi connectivity index (χ1) is 8.16. The fourth-order valence-corrected chi connectivity index (χ4v) is 2.33. The van der Waals surface area contributed by atoms with E-state index < -0.39 is 6.10 Å². The molecule has 0 amide bonds. The number of ether oxygens (including phenoxy) is 1. The second-order valence-corrected chi connectivity index (χ2v) is 4.98. The van der Waals surface area contributed by atoms with Gasteiger partial charge >= 0.3 is 0 Å². The Morgan fingerprint density at radius 1 is 1.18 bits per heavy atom. The molecule has 0 fully saturated rings. The van der Waals surface area contributed by atoms with Gasteiger partial charge in [0.15, 0.2) is 0 Å². The van der Waals surface area contributed by atoms with Gasteiger partial charge in [-0.25, -0.2) is 0 Å². The van der Waals surface area contributed by atoms with E-state index >= 15 is 0 Å². The quantitative estimate of drug-likeness (QED) is 0.895. The smallest absolute Gasteiger partial charge is 0.120 e. The molecule has 2 rings (SSSR count). The maximum Gasteiger partial charge on any atom is 0.120 e. The zero-order valence-corrected chi connectivity index (χ0v) is 10.8. The summed E-state index contributed by atoms with van der Waals surface area (Å²) in [6, 6.07) is 9.55. The molecule has 0 saturated heterocycles. The molecule has 0 bridgehead atoms. The molecule has 0 saturated carbocycles. The van der Waals surface area contributed by atoms with Gasteiger partial charge in [0.1, 0.15) is 11.9 Å². The molecule has 2 aromatic rings. The predicted molar refractivity (Wildman–Crippen MR) is 70.6 cm³/mol. The van der Waals surface area contributed by atoms with Gasteiger partial charge in [-0.3, -0.25) is 0 Å². The first-order valence-electron chi connectivity index (χ1n) is 5.63. The van der Waals surface area contributed by atoms with Gasteiger partial charge in [-0.15, -0.1) is 0 Å². The Hall–Kier alpha value is -1.32. The van der Waals surface area contributed by atoms with Gasteiger partial charge < -0.3 is 9.84 Å². The molecule has 0 aliphatic heterocycles. The summed E-state index contributed by atoms with van der Waals surface area (Å²) in [7, 11) is 0. The van der Waals surface area contributed by atoms with E-state index in [2.05, 4.69) is 0 Å². The van der Waals surface area contributed by atoms with Gasteiger partial charge in [-0.05, 0) is 53.9 Å². The van der Waals surface area contributed by atoms with Crippen molar-refractivity contribution in [1.29, 1.82) is 0 Å². The van der Waals surface area contributed by atoms with Crippen molar-refractivity contribution in [2.24, 2.45) is 0 Å². The highest BCUT2D eigenvalue weighted by molar-refractivity contribution is 7.07. The van der Waals surface area contributed by atoms with Gasteiger partial charge in [-0.2, -0.15) is 11.3 Å². The van der Waals surface area contributed by atoms with E-state index in [1.165, 1.54) is 0 Å². The Labute approximate surface area is 105 Å². The van der Waals surface area contributed by atoms with E-state index in [0.29, 0.717) is 0 Å². The van der Waals surface area contributed by atoms with Crippen LogP contribution in [0.4, 0.5) is 0 Å². The molecule has 1 N–H and O–H groups in total. The van der Waals surface area contributed by atoms with Crippen LogP contribution in [0.15, 0.2) is 41.1 Å². The molecule has 0 spiro atoms. The van der Waals surface area contributed by atoms with E-state index in [-0.39, 0.29) is 6.10 Å². The molecule has 0 radical (unpaired) electrons. The molecule has 1 heterocycles. The molecule has 17 heavy (non-hydrogen) atoms. The molecule has 1 aromatic carbocycles. The van der Waals surface area contributed by atoms with Gasteiger partial charge in [0.25, 0.3) is 0 Å². The lowest BCUT2D eigenvalue weighted by Gasteiger charge is -2.13. The first kappa shape index (κ1) is 12.1. The average molecular weight is 248 g/mol. The van der Waals surface area contributed by atoms with E-state index in [4.69, 9.17) is 4.74 Å². The van der Waals surface area contributed by atoms with Crippen LogP contribution in [0.5, 0.6) is 5.75 Å². The summed E-state index contributed by atoms with van der Waals surface area (Å²) >= 11 is 1.59. The summed E-state index contributed by atoms with van der Waals surface area (Å²) in [5, 5.41) is 14.1. The second-order valence-electron chi connectivity index (χ2n) is 4.20. The minimum atomic E-state index is -0.572. The third-order valence-corrected chi connectivity index (χ3v) is 3.11. The summed E-state index contributed by atoms with van der Waals surface area (Å²) in [6.07, 6.45) is -0.430. The Bertz CT molecular complexity index is 463. The van der Waals surface area contributed by atoms with Crippen LogP contribution in [0.1, 0.15) is 31.1 Å². The fraction of sp³-hybridized carbons (Fsp3) is 0.286. The Morgan fingerprint density at radius 3 is 2.65 bits per heavy atom. The third-order valence-electron chi connectivity index (χ3n) is 2.40. The number of aliphatic hydroxyl groups is 1. The molecule has 2 nitrogen and oxygen atoms in total. The lowest BCUT2D eigenvalue weighted by atomic mass is 10.0. The first-order valence-corrected chi connectivity index (χ1v) is 6.58. The number of hydrogen-bond donors (Lipinski definition) is 1. The van der Waals surface area contributed by atoms with E-state index in [1.54, 1.807) is 11.3 Å². The molecule has 90 valence electrons. The predicted octanol–water partition coefficient (Wildman–Crippen LogP) is 3.62. The third kappa shape index (κ3) is 3.08. The van der Waals surface area contributed by atoms with E-state index in [9.17, 15) is 5.11 Å². The fourth-order valence-electron chi connectivity index (χ4n) is 1.65. The maximum atomic E-state index is 10.2. The number of rotatable bonds is 4. The van der Waals surface area contributed by atoms with Crippen molar-refractivity contribution in [3.05, 3.63) is 52.2 Å². The van der Waals surface area contributed by atoms with Crippen LogP contribution in [0.2, 0.25) is 0 Å². The van der Waals surface area contributed by atoms with Crippen molar-refractivity contribution in [3.63, 3.8) is 0 Å². The molecule has 1 unspecified atom stereocenters. The Morgan fingerprint density at radius 2 is 2.00 bits per heavy atom. The van der Waals surface area contributed by atoms with Crippen LogP contribution in [-0.4, -0.2) is 11.2 Å². The normalized spacial score (nSPS) is 12.7. The lowest BCUT2D eigenvalue weighted by molar-refractivity contribution is 0.217. The molecule has 1 aromatic heterocycles. The van der Waals surface area contributed by atoms with Gasteiger partial charge in [0.05, 0.1) is 6.10 Å². The van der Waals surface area contributed by atoms with Crippen molar-refractivity contribution in [1.82, 2.24) is 0 Å². The number of benzene rings is 1. The van der Waals surface area contributed by atoms with Crippen LogP contribution in [-0.2, 0) is 0 Å². The number of hydrogen-bond acceptors (Lipinski definition) is 3. The molecule has 0 aliphatic carbocycles. The second kappa shape index (κ2) is 5.34. The van der Waals surface area contributed by atoms with Gasteiger partial charge in [0.2, 0.25) is 0 Å². The van der Waals surface area contributed by atoms with Gasteiger partial charge in [-0.1, -0.05) is 12.1 Å². The van der Waals surface area contributed by atoms with Crippen LogP contribution in [0, 0.1) is 0 Å².